The highest BCUT2D eigenvalue weighted by atomic mass is 16.1. The Balaban J connectivity index is 2.07. The third-order valence-corrected chi connectivity index (χ3v) is 1.96. The molecule has 0 amide bonds. The molecule has 0 saturated carbocycles. The monoisotopic (exact) mass is 232 g/mol. The summed E-state index contributed by atoms with van der Waals surface area (Å²) in [5.41, 5.74) is 1.38. The van der Waals surface area contributed by atoms with E-state index >= 15 is 0 Å². The first-order valence-electron chi connectivity index (χ1n) is 5.22. The van der Waals surface area contributed by atoms with Crippen molar-refractivity contribution in [2.24, 2.45) is 0 Å². The summed E-state index contributed by atoms with van der Waals surface area (Å²) >= 11 is 0. The fourth-order valence-corrected chi connectivity index (χ4v) is 1.16. The average Bonchev–Trinajstić information content (AvgIpc) is 2.45. The highest BCUT2D eigenvalue weighted by Crippen LogP contribution is 1.92. The molecule has 0 aliphatic rings. The van der Waals surface area contributed by atoms with Gasteiger partial charge >= 0.3 is 0 Å². The predicted octanol–water partition coefficient (Wildman–Crippen LogP) is 1.45. The smallest absolute Gasteiger partial charge is 0.270 e. The van der Waals surface area contributed by atoms with Crippen LogP contribution in [0.15, 0.2) is 49.1 Å². The van der Waals surface area contributed by atoms with Gasteiger partial charge in [0.05, 0.1) is 0 Å². The number of aromatic nitrogens is 2. The van der Waals surface area contributed by atoms with Crippen LogP contribution in [0.1, 0.15) is 11.1 Å². The largest absolute Gasteiger partial charge is 0.279 e. The van der Waals surface area contributed by atoms with Crippen LogP contribution in [0, 0.1) is 23.7 Å². The van der Waals surface area contributed by atoms with Crippen molar-refractivity contribution in [1.29, 1.82) is 0 Å². The molecule has 2 rings (SSSR count). The van der Waals surface area contributed by atoms with E-state index in [9.17, 15) is 4.79 Å². The molecule has 2 aromatic rings. The van der Waals surface area contributed by atoms with Gasteiger partial charge in [-0.3, -0.25) is 14.8 Å². The Morgan fingerprint density at radius 1 is 0.889 bits per heavy atom. The summed E-state index contributed by atoms with van der Waals surface area (Å²) in [5, 5.41) is 0. The highest BCUT2D eigenvalue weighted by Gasteiger charge is 1.89. The van der Waals surface area contributed by atoms with Crippen molar-refractivity contribution in [3.05, 3.63) is 60.2 Å². The van der Waals surface area contributed by atoms with Gasteiger partial charge < -0.3 is 0 Å². The van der Waals surface area contributed by atoms with Crippen LogP contribution in [0.3, 0.4) is 0 Å². The first-order valence-corrected chi connectivity index (χ1v) is 5.22. The zero-order chi connectivity index (χ0) is 12.6. The molecule has 2 aromatic heterocycles. The molecule has 0 fully saturated rings. The Morgan fingerprint density at radius 2 is 1.39 bits per heavy atom. The summed E-state index contributed by atoms with van der Waals surface area (Å²) in [6, 6.07) is 7.08. The van der Waals surface area contributed by atoms with Crippen LogP contribution in [-0.2, 0) is 4.79 Å². The zero-order valence-electron chi connectivity index (χ0n) is 9.42. The molecule has 3 nitrogen and oxygen atoms in total. The van der Waals surface area contributed by atoms with Crippen molar-refractivity contribution >= 4 is 5.78 Å². The maximum absolute atomic E-state index is 11.4. The van der Waals surface area contributed by atoms with Gasteiger partial charge in [-0.15, -0.1) is 0 Å². The molecule has 0 aliphatic carbocycles. The second kappa shape index (κ2) is 5.98. The molecule has 0 bridgehead atoms. The van der Waals surface area contributed by atoms with Crippen LogP contribution in [0.5, 0.6) is 0 Å². The van der Waals surface area contributed by atoms with Gasteiger partial charge in [0.25, 0.3) is 5.78 Å². The van der Waals surface area contributed by atoms with Crippen LogP contribution in [0.25, 0.3) is 0 Å². The molecule has 3 heteroatoms. The van der Waals surface area contributed by atoms with Gasteiger partial charge in [-0.1, -0.05) is 11.8 Å². The lowest BCUT2D eigenvalue weighted by Gasteiger charge is -1.85. The molecule has 18 heavy (non-hydrogen) atoms. The van der Waals surface area contributed by atoms with Crippen LogP contribution >= 0.6 is 0 Å². The quantitative estimate of drug-likeness (QED) is 0.646. The van der Waals surface area contributed by atoms with Crippen molar-refractivity contribution in [2.45, 2.75) is 0 Å². The summed E-state index contributed by atoms with van der Waals surface area (Å²) in [6.07, 6.45) is 6.48. The Bertz CT molecular complexity index is 596. The lowest BCUT2D eigenvalue weighted by molar-refractivity contribution is -0.108. The number of pyridine rings is 2. The van der Waals surface area contributed by atoms with Crippen molar-refractivity contribution in [3.8, 4) is 23.7 Å². The van der Waals surface area contributed by atoms with E-state index in [1.54, 1.807) is 49.1 Å². The molecule has 2 heterocycles. The Hall–Kier alpha value is -2.91. The van der Waals surface area contributed by atoms with Gasteiger partial charge in [-0.2, -0.15) is 0 Å². The molecule has 0 spiro atoms. The second-order valence-electron chi connectivity index (χ2n) is 3.31. The van der Waals surface area contributed by atoms with E-state index in [4.69, 9.17) is 0 Å². The van der Waals surface area contributed by atoms with Crippen molar-refractivity contribution in [2.75, 3.05) is 0 Å². The van der Waals surface area contributed by atoms with Crippen molar-refractivity contribution in [3.63, 3.8) is 0 Å². The number of carbonyl (C=O) groups is 1. The molecule has 84 valence electrons. The van der Waals surface area contributed by atoms with Crippen LogP contribution in [-0.4, -0.2) is 15.8 Å². The summed E-state index contributed by atoms with van der Waals surface area (Å²) in [7, 11) is 0. The fraction of sp³-hybridized carbons (Fsp3) is 0. The van der Waals surface area contributed by atoms with E-state index in [1.807, 2.05) is 0 Å². The molecule has 0 radical (unpaired) electrons. The standard InChI is InChI=1S/C15H8N2O/c18-15(7-5-13-3-1-9-16-11-13)8-6-14-4-2-10-17-12-14/h1-4,9-12H. The normalized spacial score (nSPS) is 8.44. The maximum atomic E-state index is 11.4. The molecule has 0 N–H and O–H groups in total. The topological polar surface area (TPSA) is 42.9 Å². The fourth-order valence-electron chi connectivity index (χ4n) is 1.16. The highest BCUT2D eigenvalue weighted by molar-refractivity contribution is 6.09. The summed E-state index contributed by atoms with van der Waals surface area (Å²) < 4.78 is 0. The average molecular weight is 232 g/mol. The zero-order valence-corrected chi connectivity index (χ0v) is 9.42. The first kappa shape index (κ1) is 11.6. The maximum Gasteiger partial charge on any atom is 0.279 e. The van der Waals surface area contributed by atoms with Gasteiger partial charge in [0.15, 0.2) is 0 Å². The van der Waals surface area contributed by atoms with Crippen LogP contribution in [0.2, 0.25) is 0 Å². The van der Waals surface area contributed by atoms with E-state index < -0.39 is 5.78 Å². The van der Waals surface area contributed by atoms with E-state index in [2.05, 4.69) is 33.6 Å². The summed E-state index contributed by atoms with van der Waals surface area (Å²) in [6.45, 7) is 0. The molecule has 0 unspecified atom stereocenters. The number of rotatable bonds is 0. The van der Waals surface area contributed by atoms with E-state index in [1.165, 1.54) is 0 Å². The van der Waals surface area contributed by atoms with Gasteiger partial charge in [0.2, 0.25) is 0 Å². The Labute approximate surface area is 105 Å². The third-order valence-electron chi connectivity index (χ3n) is 1.96. The second-order valence-corrected chi connectivity index (χ2v) is 3.31. The number of hydrogen-bond donors (Lipinski definition) is 0. The van der Waals surface area contributed by atoms with Crippen LogP contribution in [0.4, 0.5) is 0 Å². The predicted molar refractivity (Wildman–Crippen MR) is 67.2 cm³/mol. The number of ketones is 1. The van der Waals surface area contributed by atoms with Crippen molar-refractivity contribution in [1.82, 2.24) is 9.97 Å². The molecule has 0 saturated heterocycles. The Morgan fingerprint density at radius 3 is 1.78 bits per heavy atom. The third kappa shape index (κ3) is 3.59. The van der Waals surface area contributed by atoms with Gasteiger partial charge in [0, 0.05) is 35.9 Å². The summed E-state index contributed by atoms with van der Waals surface area (Å²) in [5.74, 6) is 9.87. The van der Waals surface area contributed by atoms with E-state index in [0.29, 0.717) is 11.1 Å². The van der Waals surface area contributed by atoms with Gasteiger partial charge in [0.1, 0.15) is 0 Å². The van der Waals surface area contributed by atoms with Crippen molar-refractivity contribution < 1.29 is 4.79 Å². The lowest BCUT2D eigenvalue weighted by Crippen LogP contribution is -1.88. The molecule has 0 aliphatic heterocycles. The Kier molecular flexibility index (Phi) is 3.85. The summed E-state index contributed by atoms with van der Waals surface area (Å²) in [4.78, 5) is 19.2. The van der Waals surface area contributed by atoms with Gasteiger partial charge in [-0.25, -0.2) is 0 Å². The SMILES string of the molecule is O=C(C#Cc1cccnc1)C#Cc1cccnc1. The van der Waals surface area contributed by atoms with Crippen LogP contribution < -0.4 is 0 Å². The van der Waals surface area contributed by atoms with Gasteiger partial charge in [-0.05, 0) is 36.1 Å². The minimum absolute atomic E-state index is 0.428. The number of hydrogen-bond acceptors (Lipinski definition) is 3. The number of nitrogens with zero attached hydrogens (tertiary/aromatic N) is 2. The molecule has 0 atom stereocenters. The molecular formula is C15H8N2O. The number of carbonyl (C=O) groups excluding carboxylic acids is 1. The van der Waals surface area contributed by atoms with E-state index in [0.717, 1.165) is 0 Å². The number of Topliss-reactive ketones (excluding diaryl/α,β-unsaturated/α-hetero) is 1. The minimum atomic E-state index is -0.428. The van der Waals surface area contributed by atoms with E-state index in [-0.39, 0.29) is 0 Å². The molecular weight excluding hydrogens is 224 g/mol. The molecule has 0 aromatic carbocycles. The minimum Gasteiger partial charge on any atom is -0.270 e. The lowest BCUT2D eigenvalue weighted by atomic mass is 10.2. The first-order chi connectivity index (χ1) is 8.84.